The van der Waals surface area contributed by atoms with Crippen LogP contribution in [-0.4, -0.2) is 17.4 Å². The number of alkyl halides is 3. The highest BCUT2D eigenvalue weighted by Crippen LogP contribution is 2.21. The first-order valence-corrected chi connectivity index (χ1v) is 3.98. The largest absolute Gasteiger partial charge is 0.417 e. The molecule has 1 aromatic carbocycles. The van der Waals surface area contributed by atoms with E-state index in [1.807, 2.05) is 0 Å². The summed E-state index contributed by atoms with van der Waals surface area (Å²) in [6.45, 7) is 0. The molecule has 0 aliphatic heterocycles. The van der Waals surface area contributed by atoms with Gasteiger partial charge in [0.15, 0.2) is 6.10 Å². The van der Waals surface area contributed by atoms with Gasteiger partial charge in [0.05, 0.1) is 0 Å². The van der Waals surface area contributed by atoms with Crippen molar-refractivity contribution in [3.63, 3.8) is 0 Å². The zero-order valence-electron chi connectivity index (χ0n) is 7.20. The van der Waals surface area contributed by atoms with E-state index in [0.717, 1.165) is 6.08 Å². The first kappa shape index (κ1) is 10.8. The van der Waals surface area contributed by atoms with Gasteiger partial charge in [-0.1, -0.05) is 36.4 Å². The monoisotopic (exact) mass is 202 g/mol. The maximum absolute atomic E-state index is 11.9. The van der Waals surface area contributed by atoms with Gasteiger partial charge in [-0.3, -0.25) is 0 Å². The summed E-state index contributed by atoms with van der Waals surface area (Å²) in [5.41, 5.74) is 0.621. The SMILES string of the molecule is OC(C=Cc1ccccc1)C(F)(F)F. The van der Waals surface area contributed by atoms with Crippen LogP contribution in [-0.2, 0) is 0 Å². The van der Waals surface area contributed by atoms with Gasteiger partial charge < -0.3 is 5.11 Å². The third-order valence-electron chi connectivity index (χ3n) is 1.61. The Bertz CT molecular complexity index is 303. The van der Waals surface area contributed by atoms with E-state index >= 15 is 0 Å². The minimum absolute atomic E-state index is 0.621. The van der Waals surface area contributed by atoms with Gasteiger partial charge in [-0.25, -0.2) is 0 Å². The van der Waals surface area contributed by atoms with Crippen LogP contribution in [0.15, 0.2) is 36.4 Å². The van der Waals surface area contributed by atoms with Crippen molar-refractivity contribution in [1.29, 1.82) is 0 Å². The minimum Gasteiger partial charge on any atom is -0.380 e. The summed E-state index contributed by atoms with van der Waals surface area (Å²) >= 11 is 0. The molecule has 0 amide bonds. The molecular weight excluding hydrogens is 193 g/mol. The van der Waals surface area contributed by atoms with Crippen LogP contribution >= 0.6 is 0 Å². The van der Waals surface area contributed by atoms with E-state index in [0.29, 0.717) is 5.56 Å². The fraction of sp³-hybridized carbons (Fsp3) is 0.200. The Kier molecular flexibility index (Phi) is 3.30. The van der Waals surface area contributed by atoms with Crippen LogP contribution in [0, 0.1) is 0 Å². The Labute approximate surface area is 79.5 Å². The van der Waals surface area contributed by atoms with E-state index in [-0.39, 0.29) is 0 Å². The zero-order valence-corrected chi connectivity index (χ0v) is 7.20. The summed E-state index contributed by atoms with van der Waals surface area (Å²) in [7, 11) is 0. The molecule has 0 aliphatic rings. The lowest BCUT2D eigenvalue weighted by Crippen LogP contribution is -2.25. The van der Waals surface area contributed by atoms with Crippen LogP contribution in [0.3, 0.4) is 0 Å². The normalized spacial score (nSPS) is 14.6. The Morgan fingerprint density at radius 3 is 2.21 bits per heavy atom. The molecule has 1 N–H and O–H groups in total. The molecular formula is C10H9F3O. The predicted molar refractivity (Wildman–Crippen MR) is 47.5 cm³/mol. The third-order valence-corrected chi connectivity index (χ3v) is 1.61. The Morgan fingerprint density at radius 1 is 1.14 bits per heavy atom. The lowest BCUT2D eigenvalue weighted by Gasteiger charge is -2.09. The molecule has 0 aliphatic carbocycles. The molecule has 1 nitrogen and oxygen atoms in total. The summed E-state index contributed by atoms with van der Waals surface area (Å²) in [6.07, 6.45) is -5.04. The van der Waals surface area contributed by atoms with Crippen molar-refractivity contribution in [3.8, 4) is 0 Å². The standard InChI is InChI=1S/C10H9F3O/c11-10(12,13)9(14)7-6-8-4-2-1-3-5-8/h1-7,9,14H. The van der Waals surface area contributed by atoms with E-state index in [4.69, 9.17) is 5.11 Å². The second kappa shape index (κ2) is 4.28. The van der Waals surface area contributed by atoms with E-state index in [9.17, 15) is 13.2 Å². The van der Waals surface area contributed by atoms with Gasteiger partial charge in [-0.05, 0) is 11.6 Å². The van der Waals surface area contributed by atoms with Crippen molar-refractivity contribution in [1.82, 2.24) is 0 Å². The molecule has 0 radical (unpaired) electrons. The van der Waals surface area contributed by atoms with Crippen molar-refractivity contribution < 1.29 is 18.3 Å². The van der Waals surface area contributed by atoms with E-state index in [1.54, 1.807) is 30.3 Å². The molecule has 76 valence electrons. The maximum Gasteiger partial charge on any atom is 0.417 e. The second-order valence-electron chi connectivity index (χ2n) is 2.76. The Balaban J connectivity index is 2.66. The van der Waals surface area contributed by atoms with Crippen LogP contribution in [0.2, 0.25) is 0 Å². The number of rotatable bonds is 2. The third kappa shape index (κ3) is 3.22. The van der Waals surface area contributed by atoms with Crippen LogP contribution in [0.25, 0.3) is 6.08 Å². The highest BCUT2D eigenvalue weighted by Gasteiger charge is 2.35. The molecule has 1 unspecified atom stereocenters. The summed E-state index contributed by atoms with van der Waals surface area (Å²) in [6, 6.07) is 8.48. The molecule has 0 saturated carbocycles. The molecule has 1 rings (SSSR count). The lowest BCUT2D eigenvalue weighted by atomic mass is 10.2. The highest BCUT2D eigenvalue weighted by molar-refractivity contribution is 5.49. The molecule has 1 aromatic rings. The molecule has 0 bridgehead atoms. The fourth-order valence-corrected chi connectivity index (χ4v) is 0.876. The predicted octanol–water partition coefficient (Wildman–Crippen LogP) is 2.62. The average molecular weight is 202 g/mol. The van der Waals surface area contributed by atoms with Gasteiger partial charge in [-0.15, -0.1) is 0 Å². The summed E-state index contributed by atoms with van der Waals surface area (Å²) in [5.74, 6) is 0. The number of aliphatic hydroxyl groups excluding tert-OH is 1. The fourth-order valence-electron chi connectivity index (χ4n) is 0.876. The molecule has 0 spiro atoms. The van der Waals surface area contributed by atoms with E-state index in [1.165, 1.54) is 6.08 Å². The Morgan fingerprint density at radius 2 is 1.71 bits per heavy atom. The van der Waals surface area contributed by atoms with Gasteiger partial charge in [0.25, 0.3) is 0 Å². The zero-order chi connectivity index (χ0) is 10.6. The number of hydrogen-bond donors (Lipinski definition) is 1. The molecule has 0 saturated heterocycles. The van der Waals surface area contributed by atoms with Gasteiger partial charge in [0.1, 0.15) is 0 Å². The van der Waals surface area contributed by atoms with Gasteiger partial charge in [0, 0.05) is 0 Å². The van der Waals surface area contributed by atoms with Crippen LogP contribution in [0.1, 0.15) is 5.56 Å². The summed E-state index contributed by atoms with van der Waals surface area (Å²) in [4.78, 5) is 0. The summed E-state index contributed by atoms with van der Waals surface area (Å²) in [5, 5.41) is 8.64. The number of aliphatic hydroxyl groups is 1. The maximum atomic E-state index is 11.9. The quantitative estimate of drug-likeness (QED) is 0.781. The first-order chi connectivity index (χ1) is 6.50. The first-order valence-electron chi connectivity index (χ1n) is 3.98. The van der Waals surface area contributed by atoms with Crippen LogP contribution in [0.5, 0.6) is 0 Å². The highest BCUT2D eigenvalue weighted by atomic mass is 19.4. The average Bonchev–Trinajstić information content (AvgIpc) is 2.14. The molecule has 0 aromatic heterocycles. The van der Waals surface area contributed by atoms with E-state index < -0.39 is 12.3 Å². The summed E-state index contributed by atoms with van der Waals surface area (Å²) < 4.78 is 35.6. The number of hydrogen-bond acceptors (Lipinski definition) is 1. The van der Waals surface area contributed by atoms with Crippen LogP contribution < -0.4 is 0 Å². The molecule has 0 heterocycles. The topological polar surface area (TPSA) is 20.2 Å². The number of halogens is 3. The van der Waals surface area contributed by atoms with Crippen molar-refractivity contribution in [2.45, 2.75) is 12.3 Å². The van der Waals surface area contributed by atoms with Crippen molar-refractivity contribution >= 4 is 6.08 Å². The second-order valence-corrected chi connectivity index (χ2v) is 2.76. The Hall–Kier alpha value is -1.29. The van der Waals surface area contributed by atoms with Gasteiger partial charge >= 0.3 is 6.18 Å². The van der Waals surface area contributed by atoms with Gasteiger partial charge in [-0.2, -0.15) is 13.2 Å². The van der Waals surface area contributed by atoms with Crippen molar-refractivity contribution in [2.24, 2.45) is 0 Å². The molecule has 14 heavy (non-hydrogen) atoms. The molecule has 0 fully saturated rings. The molecule has 1 atom stereocenters. The number of benzene rings is 1. The lowest BCUT2D eigenvalue weighted by molar-refractivity contribution is -0.187. The van der Waals surface area contributed by atoms with Crippen molar-refractivity contribution in [3.05, 3.63) is 42.0 Å². The van der Waals surface area contributed by atoms with Gasteiger partial charge in [0.2, 0.25) is 0 Å². The smallest absolute Gasteiger partial charge is 0.380 e. The minimum atomic E-state index is -4.59. The van der Waals surface area contributed by atoms with Crippen LogP contribution in [0.4, 0.5) is 13.2 Å². The molecule has 4 heteroatoms. The van der Waals surface area contributed by atoms with Crippen molar-refractivity contribution in [2.75, 3.05) is 0 Å². The van der Waals surface area contributed by atoms with E-state index in [2.05, 4.69) is 0 Å².